The predicted octanol–water partition coefficient (Wildman–Crippen LogP) is 5.47. The van der Waals surface area contributed by atoms with E-state index in [9.17, 15) is 9.90 Å². The van der Waals surface area contributed by atoms with Crippen LogP contribution < -0.4 is 4.74 Å². The number of ether oxygens (including phenoxy) is 1. The quantitative estimate of drug-likeness (QED) is 0.497. The second-order valence-electron chi connectivity index (χ2n) is 6.80. The molecule has 4 aromatic rings. The topological polar surface area (TPSA) is 51.5 Å². The average Bonchev–Trinajstić information content (AvgIpc) is 3.04. The maximum atomic E-state index is 12.2. The van der Waals surface area contributed by atoms with Gasteiger partial charge in [0.2, 0.25) is 0 Å². The highest BCUT2D eigenvalue weighted by Gasteiger charge is 2.21. The normalized spacial score (nSPS) is 10.7. The molecule has 0 fully saturated rings. The van der Waals surface area contributed by atoms with Crippen molar-refractivity contribution in [1.82, 2.24) is 4.57 Å². The van der Waals surface area contributed by atoms with Crippen LogP contribution in [0.3, 0.4) is 0 Å². The minimum Gasteiger partial charge on any atom is -0.497 e. The Morgan fingerprint density at radius 1 is 0.931 bits per heavy atom. The van der Waals surface area contributed by atoms with Crippen molar-refractivity contribution >= 4 is 28.5 Å². The van der Waals surface area contributed by atoms with Crippen molar-refractivity contribution in [1.29, 1.82) is 0 Å². The van der Waals surface area contributed by atoms with E-state index in [2.05, 4.69) is 0 Å². The lowest BCUT2D eigenvalue weighted by Crippen LogP contribution is -2.01. The maximum Gasteiger partial charge on any atom is 0.338 e. The van der Waals surface area contributed by atoms with E-state index in [1.54, 1.807) is 13.2 Å². The van der Waals surface area contributed by atoms with E-state index in [0.29, 0.717) is 16.8 Å². The van der Waals surface area contributed by atoms with Crippen LogP contribution in [0.5, 0.6) is 5.75 Å². The van der Waals surface area contributed by atoms with Gasteiger partial charge in [0, 0.05) is 18.0 Å². The van der Waals surface area contributed by atoms with E-state index in [4.69, 9.17) is 4.74 Å². The second-order valence-corrected chi connectivity index (χ2v) is 6.80. The molecule has 0 spiro atoms. The number of rotatable bonds is 5. The van der Waals surface area contributed by atoms with Gasteiger partial charge in [0.25, 0.3) is 0 Å². The number of aromatic carboxylic acids is 1. The van der Waals surface area contributed by atoms with Gasteiger partial charge < -0.3 is 14.4 Å². The molecule has 1 heterocycles. The highest BCUT2D eigenvalue weighted by atomic mass is 16.5. The SMILES string of the molecule is COc1ccc2c(c1)c(C(=O)O)c(C=C(c1ccccc1)c1ccccc1)n2C. The molecule has 3 aromatic carbocycles. The summed E-state index contributed by atoms with van der Waals surface area (Å²) >= 11 is 0. The van der Waals surface area contributed by atoms with Crippen LogP contribution in [0.4, 0.5) is 0 Å². The number of fused-ring (bicyclic) bond motifs is 1. The third kappa shape index (κ3) is 3.41. The smallest absolute Gasteiger partial charge is 0.338 e. The number of aromatic nitrogens is 1. The summed E-state index contributed by atoms with van der Waals surface area (Å²) < 4.78 is 7.23. The van der Waals surface area contributed by atoms with Crippen LogP contribution in [0, 0.1) is 0 Å². The standard InChI is InChI=1S/C25H21NO3/c1-26-22-14-13-19(29-2)15-21(22)24(25(27)28)23(26)16-20(17-9-5-3-6-10-17)18-11-7-4-8-12-18/h3-16H,1-2H3,(H,27,28). The molecule has 0 saturated heterocycles. The summed E-state index contributed by atoms with van der Waals surface area (Å²) in [5.74, 6) is -0.331. The first-order valence-corrected chi connectivity index (χ1v) is 9.32. The van der Waals surface area contributed by atoms with Gasteiger partial charge in [0.15, 0.2) is 0 Å². The van der Waals surface area contributed by atoms with E-state index >= 15 is 0 Å². The number of benzene rings is 3. The molecule has 4 rings (SSSR count). The van der Waals surface area contributed by atoms with Gasteiger partial charge in [0.1, 0.15) is 5.75 Å². The molecule has 4 nitrogen and oxygen atoms in total. The molecule has 0 bridgehead atoms. The van der Waals surface area contributed by atoms with Crippen molar-refractivity contribution in [3.63, 3.8) is 0 Å². The van der Waals surface area contributed by atoms with Crippen molar-refractivity contribution in [2.75, 3.05) is 7.11 Å². The number of carboxylic acid groups (broad SMARTS) is 1. The van der Waals surface area contributed by atoms with E-state index in [1.165, 1.54) is 0 Å². The van der Waals surface area contributed by atoms with Crippen LogP contribution in [0.1, 0.15) is 27.2 Å². The molecule has 4 heteroatoms. The van der Waals surface area contributed by atoms with Crippen molar-refractivity contribution in [3.05, 3.63) is 101 Å². The number of hydrogen-bond donors (Lipinski definition) is 1. The number of methoxy groups -OCH3 is 1. The summed E-state index contributed by atoms with van der Waals surface area (Å²) in [4.78, 5) is 12.2. The molecule has 0 radical (unpaired) electrons. The zero-order valence-electron chi connectivity index (χ0n) is 16.3. The van der Waals surface area contributed by atoms with Crippen LogP contribution in [-0.2, 0) is 7.05 Å². The average molecular weight is 383 g/mol. The summed E-state index contributed by atoms with van der Waals surface area (Å²) in [6.45, 7) is 0. The number of nitrogens with zero attached hydrogens (tertiary/aromatic N) is 1. The maximum absolute atomic E-state index is 12.2. The van der Waals surface area contributed by atoms with Crippen molar-refractivity contribution in [2.24, 2.45) is 7.05 Å². The molecule has 0 saturated carbocycles. The molecule has 144 valence electrons. The first-order chi connectivity index (χ1) is 14.1. The Bertz CT molecular complexity index is 1160. The number of carboxylic acids is 1. The number of hydrogen-bond acceptors (Lipinski definition) is 2. The van der Waals surface area contributed by atoms with Crippen molar-refractivity contribution < 1.29 is 14.6 Å². The van der Waals surface area contributed by atoms with Gasteiger partial charge in [-0.15, -0.1) is 0 Å². The highest BCUT2D eigenvalue weighted by molar-refractivity contribution is 6.09. The third-order valence-corrected chi connectivity index (χ3v) is 5.12. The molecule has 29 heavy (non-hydrogen) atoms. The summed E-state index contributed by atoms with van der Waals surface area (Å²) in [5, 5.41) is 10.7. The Labute approximate surface area is 169 Å². The molecule has 1 N–H and O–H groups in total. The Kier molecular flexibility index (Phi) is 4.92. The van der Waals surface area contributed by atoms with Gasteiger partial charge in [-0.25, -0.2) is 4.79 Å². The second kappa shape index (κ2) is 7.68. The van der Waals surface area contributed by atoms with Crippen LogP contribution >= 0.6 is 0 Å². The highest BCUT2D eigenvalue weighted by Crippen LogP contribution is 2.33. The fourth-order valence-electron chi connectivity index (χ4n) is 3.67. The zero-order chi connectivity index (χ0) is 20.4. The van der Waals surface area contributed by atoms with Gasteiger partial charge >= 0.3 is 5.97 Å². The third-order valence-electron chi connectivity index (χ3n) is 5.12. The fraction of sp³-hybridized carbons (Fsp3) is 0.0800. The van der Waals surface area contributed by atoms with Crippen LogP contribution in [0.25, 0.3) is 22.6 Å². The summed E-state index contributed by atoms with van der Waals surface area (Å²) in [6, 6.07) is 25.5. The van der Waals surface area contributed by atoms with Gasteiger partial charge in [-0.2, -0.15) is 0 Å². The Balaban J connectivity index is 2.03. The van der Waals surface area contributed by atoms with Crippen LogP contribution in [0.2, 0.25) is 0 Å². The van der Waals surface area contributed by atoms with Crippen LogP contribution in [0.15, 0.2) is 78.9 Å². The fourth-order valence-corrected chi connectivity index (χ4v) is 3.67. The molecule has 0 aliphatic heterocycles. The van der Waals surface area contributed by atoms with E-state index in [0.717, 1.165) is 22.2 Å². The summed E-state index contributed by atoms with van der Waals surface area (Å²) in [7, 11) is 3.47. The van der Waals surface area contributed by atoms with Gasteiger partial charge in [-0.3, -0.25) is 0 Å². The van der Waals surface area contributed by atoms with E-state index in [1.807, 2.05) is 90.5 Å². The molecular formula is C25H21NO3. The molecule has 0 atom stereocenters. The zero-order valence-corrected chi connectivity index (χ0v) is 16.3. The first-order valence-electron chi connectivity index (χ1n) is 9.32. The largest absolute Gasteiger partial charge is 0.497 e. The van der Waals surface area contributed by atoms with Gasteiger partial charge in [-0.05, 0) is 41.0 Å². The lowest BCUT2D eigenvalue weighted by atomic mass is 9.96. The van der Waals surface area contributed by atoms with Crippen molar-refractivity contribution in [3.8, 4) is 5.75 Å². The molecule has 0 unspecified atom stereocenters. The summed E-state index contributed by atoms with van der Waals surface area (Å²) in [6.07, 6.45) is 1.96. The Morgan fingerprint density at radius 3 is 2.03 bits per heavy atom. The minimum absolute atomic E-state index is 0.269. The molecule has 0 amide bonds. The number of aryl methyl sites for hydroxylation is 1. The van der Waals surface area contributed by atoms with Gasteiger partial charge in [0.05, 0.1) is 18.4 Å². The summed E-state index contributed by atoms with van der Waals surface area (Å²) in [5.41, 5.74) is 4.77. The lowest BCUT2D eigenvalue weighted by Gasteiger charge is -2.10. The minimum atomic E-state index is -0.962. The monoisotopic (exact) mass is 383 g/mol. The molecule has 0 aliphatic rings. The van der Waals surface area contributed by atoms with Gasteiger partial charge in [-0.1, -0.05) is 60.7 Å². The Hall–Kier alpha value is -3.79. The predicted molar refractivity (Wildman–Crippen MR) is 116 cm³/mol. The van der Waals surface area contributed by atoms with E-state index < -0.39 is 5.97 Å². The van der Waals surface area contributed by atoms with Crippen molar-refractivity contribution in [2.45, 2.75) is 0 Å². The molecule has 0 aliphatic carbocycles. The van der Waals surface area contributed by atoms with E-state index in [-0.39, 0.29) is 5.56 Å². The van der Waals surface area contributed by atoms with Crippen LogP contribution in [-0.4, -0.2) is 22.8 Å². The number of carbonyl (C=O) groups is 1. The first kappa shape index (κ1) is 18.6. The molecular weight excluding hydrogens is 362 g/mol. The lowest BCUT2D eigenvalue weighted by molar-refractivity contribution is 0.0698. The molecule has 1 aromatic heterocycles. The Morgan fingerprint density at radius 2 is 1.52 bits per heavy atom.